The molecule has 4 nitrogen and oxygen atoms in total. The van der Waals surface area contributed by atoms with E-state index in [1.165, 1.54) is 7.11 Å². The molecule has 0 atom stereocenters. The Morgan fingerprint density at radius 1 is 1.11 bits per heavy atom. The Kier molecular flexibility index (Phi) is 3.60. The average Bonchev–Trinajstić information content (AvgIpc) is 2.44. The van der Waals surface area contributed by atoms with Crippen LogP contribution in [0, 0.1) is 0 Å². The van der Waals surface area contributed by atoms with Gasteiger partial charge in [-0.25, -0.2) is 0 Å². The van der Waals surface area contributed by atoms with Crippen molar-refractivity contribution in [2.24, 2.45) is 0 Å². The number of ether oxygens (including phenoxy) is 1. The number of hydrogen-bond donors (Lipinski definition) is 0. The van der Waals surface area contributed by atoms with Crippen molar-refractivity contribution in [3.05, 3.63) is 46.5 Å². The molecule has 19 heavy (non-hydrogen) atoms. The lowest BCUT2D eigenvalue weighted by molar-refractivity contribution is -0.140. The summed E-state index contributed by atoms with van der Waals surface area (Å²) < 4.78 is 4.55. The normalized spacial score (nSPS) is 14.4. The van der Waals surface area contributed by atoms with Gasteiger partial charge in [0.1, 0.15) is 0 Å². The Hall–Kier alpha value is -2.23. The van der Waals surface area contributed by atoms with E-state index in [0.717, 1.165) is 0 Å². The summed E-state index contributed by atoms with van der Waals surface area (Å²) in [5, 5.41) is 0. The molecule has 1 aliphatic carbocycles. The number of Topliss-reactive ketones (excluding diaryl/α,β-unsaturated/α-hetero) is 2. The molecule has 0 spiro atoms. The molecule has 0 radical (unpaired) electrons. The molecule has 0 aliphatic heterocycles. The third kappa shape index (κ3) is 2.34. The van der Waals surface area contributed by atoms with E-state index >= 15 is 0 Å². The molecular weight excluding hydrogens is 244 g/mol. The van der Waals surface area contributed by atoms with E-state index in [1.54, 1.807) is 31.2 Å². The SMILES string of the molecule is COC(=O)CCC1=C(C)C(=O)c2ccccc2C1=O. The first-order chi connectivity index (χ1) is 9.06. The molecule has 0 heterocycles. The fourth-order valence-electron chi connectivity index (χ4n) is 2.18. The summed E-state index contributed by atoms with van der Waals surface area (Å²) in [5.41, 5.74) is 1.69. The molecule has 0 N–H and O–H groups in total. The highest BCUT2D eigenvalue weighted by atomic mass is 16.5. The Morgan fingerprint density at radius 3 is 2.26 bits per heavy atom. The van der Waals surface area contributed by atoms with Gasteiger partial charge in [0.05, 0.1) is 7.11 Å². The monoisotopic (exact) mass is 258 g/mol. The second kappa shape index (κ2) is 5.18. The van der Waals surface area contributed by atoms with Gasteiger partial charge in [0.2, 0.25) is 0 Å². The fraction of sp³-hybridized carbons (Fsp3) is 0.267. The first-order valence-electron chi connectivity index (χ1n) is 6.01. The molecule has 0 fully saturated rings. The van der Waals surface area contributed by atoms with Crippen LogP contribution in [0.25, 0.3) is 0 Å². The number of methoxy groups -OCH3 is 1. The smallest absolute Gasteiger partial charge is 0.305 e. The van der Waals surface area contributed by atoms with Gasteiger partial charge >= 0.3 is 5.97 Å². The van der Waals surface area contributed by atoms with Gasteiger partial charge < -0.3 is 4.74 Å². The van der Waals surface area contributed by atoms with Crippen molar-refractivity contribution in [1.29, 1.82) is 0 Å². The van der Waals surface area contributed by atoms with Crippen molar-refractivity contribution in [3.8, 4) is 0 Å². The number of carbonyl (C=O) groups excluding carboxylic acids is 3. The van der Waals surface area contributed by atoms with Gasteiger partial charge in [0.15, 0.2) is 11.6 Å². The van der Waals surface area contributed by atoms with Gasteiger partial charge in [-0.05, 0) is 13.3 Å². The Balaban J connectivity index is 2.35. The quantitative estimate of drug-likeness (QED) is 0.781. The molecular formula is C15H14O4. The van der Waals surface area contributed by atoms with Crippen LogP contribution in [0.2, 0.25) is 0 Å². The van der Waals surface area contributed by atoms with Gasteiger partial charge in [-0.15, -0.1) is 0 Å². The molecule has 98 valence electrons. The van der Waals surface area contributed by atoms with E-state index in [1.807, 2.05) is 0 Å². The maximum Gasteiger partial charge on any atom is 0.305 e. The molecule has 2 rings (SSSR count). The molecule has 0 unspecified atom stereocenters. The van der Waals surface area contributed by atoms with Crippen molar-refractivity contribution < 1.29 is 19.1 Å². The van der Waals surface area contributed by atoms with Crippen molar-refractivity contribution >= 4 is 17.5 Å². The van der Waals surface area contributed by atoms with E-state index in [-0.39, 0.29) is 30.4 Å². The van der Waals surface area contributed by atoms with Gasteiger partial charge in [0.25, 0.3) is 0 Å². The molecule has 0 saturated heterocycles. The average molecular weight is 258 g/mol. The van der Waals surface area contributed by atoms with Crippen molar-refractivity contribution in [3.63, 3.8) is 0 Å². The number of benzene rings is 1. The summed E-state index contributed by atoms with van der Waals surface area (Å²) >= 11 is 0. The van der Waals surface area contributed by atoms with Gasteiger partial charge in [-0.2, -0.15) is 0 Å². The summed E-state index contributed by atoms with van der Waals surface area (Å²) in [7, 11) is 1.30. The zero-order chi connectivity index (χ0) is 14.0. The maximum absolute atomic E-state index is 12.3. The number of esters is 1. The topological polar surface area (TPSA) is 60.4 Å². The first-order valence-corrected chi connectivity index (χ1v) is 6.01. The summed E-state index contributed by atoms with van der Waals surface area (Å²) in [5.74, 6) is -0.703. The predicted octanol–water partition coefficient (Wildman–Crippen LogP) is 2.34. The summed E-state index contributed by atoms with van der Waals surface area (Å²) in [6.45, 7) is 1.63. The highest BCUT2D eigenvalue weighted by Crippen LogP contribution is 2.28. The van der Waals surface area contributed by atoms with E-state index in [9.17, 15) is 14.4 Å². The van der Waals surface area contributed by atoms with E-state index < -0.39 is 0 Å². The maximum atomic E-state index is 12.3. The third-order valence-corrected chi connectivity index (χ3v) is 3.29. The van der Waals surface area contributed by atoms with Crippen LogP contribution in [0.15, 0.2) is 35.4 Å². The lowest BCUT2D eigenvalue weighted by atomic mass is 9.83. The van der Waals surface area contributed by atoms with Crippen LogP contribution in [-0.2, 0) is 9.53 Å². The van der Waals surface area contributed by atoms with E-state index in [2.05, 4.69) is 4.74 Å². The van der Waals surface area contributed by atoms with Gasteiger partial charge in [0, 0.05) is 28.7 Å². The zero-order valence-electron chi connectivity index (χ0n) is 10.9. The summed E-state index contributed by atoms with van der Waals surface area (Å²) in [4.78, 5) is 35.6. The summed E-state index contributed by atoms with van der Waals surface area (Å²) in [6.07, 6.45) is 0.335. The largest absolute Gasteiger partial charge is 0.469 e. The number of allylic oxidation sites excluding steroid dienone is 2. The second-order valence-corrected chi connectivity index (χ2v) is 4.38. The molecule has 1 aromatic rings. The number of ketones is 2. The Morgan fingerprint density at radius 2 is 1.68 bits per heavy atom. The first kappa shape index (κ1) is 13.2. The number of rotatable bonds is 3. The predicted molar refractivity (Wildman–Crippen MR) is 69.1 cm³/mol. The van der Waals surface area contributed by atoms with Crippen molar-refractivity contribution in [1.82, 2.24) is 0 Å². The van der Waals surface area contributed by atoms with Crippen LogP contribution < -0.4 is 0 Å². The van der Waals surface area contributed by atoms with Crippen LogP contribution >= 0.6 is 0 Å². The summed E-state index contributed by atoms with van der Waals surface area (Å²) in [6, 6.07) is 6.75. The van der Waals surface area contributed by atoms with E-state index in [0.29, 0.717) is 22.3 Å². The molecule has 4 heteroatoms. The highest BCUT2D eigenvalue weighted by Gasteiger charge is 2.29. The molecule has 1 aromatic carbocycles. The minimum atomic E-state index is -0.389. The lowest BCUT2D eigenvalue weighted by Crippen LogP contribution is -2.21. The van der Waals surface area contributed by atoms with Gasteiger partial charge in [-0.3, -0.25) is 14.4 Å². The van der Waals surface area contributed by atoms with Crippen molar-refractivity contribution in [2.75, 3.05) is 7.11 Å². The minimum absolute atomic E-state index is 0.102. The lowest BCUT2D eigenvalue weighted by Gasteiger charge is -2.18. The van der Waals surface area contributed by atoms with Gasteiger partial charge in [-0.1, -0.05) is 24.3 Å². The molecule has 0 saturated carbocycles. The van der Waals surface area contributed by atoms with Crippen LogP contribution in [0.1, 0.15) is 40.5 Å². The van der Waals surface area contributed by atoms with E-state index in [4.69, 9.17) is 0 Å². The Bertz CT molecular complexity index is 596. The third-order valence-electron chi connectivity index (χ3n) is 3.29. The fourth-order valence-corrected chi connectivity index (χ4v) is 2.18. The molecule has 0 aromatic heterocycles. The molecule has 0 bridgehead atoms. The van der Waals surface area contributed by atoms with Crippen LogP contribution in [0.3, 0.4) is 0 Å². The number of fused-ring (bicyclic) bond motifs is 1. The van der Waals surface area contributed by atoms with Crippen LogP contribution in [-0.4, -0.2) is 24.6 Å². The second-order valence-electron chi connectivity index (χ2n) is 4.38. The Labute approximate surface area is 111 Å². The van der Waals surface area contributed by atoms with Crippen LogP contribution in [0.4, 0.5) is 0 Å². The minimum Gasteiger partial charge on any atom is -0.469 e. The number of hydrogen-bond acceptors (Lipinski definition) is 4. The molecule has 1 aliphatic rings. The number of carbonyl (C=O) groups is 3. The standard InChI is InChI=1S/C15H14O4/c1-9-10(7-8-13(16)19-2)15(18)12-6-4-3-5-11(12)14(9)17/h3-6H,7-8H2,1-2H3. The van der Waals surface area contributed by atoms with Crippen LogP contribution in [0.5, 0.6) is 0 Å². The van der Waals surface area contributed by atoms with Crippen molar-refractivity contribution in [2.45, 2.75) is 19.8 Å². The highest BCUT2D eigenvalue weighted by molar-refractivity contribution is 6.26. The molecule has 0 amide bonds. The zero-order valence-corrected chi connectivity index (χ0v) is 10.9.